The van der Waals surface area contributed by atoms with Gasteiger partial charge < -0.3 is 37.6 Å². The summed E-state index contributed by atoms with van der Waals surface area (Å²) < 4.78 is 56.0. The van der Waals surface area contributed by atoms with E-state index in [-0.39, 0.29) is 75.9 Å². The highest BCUT2D eigenvalue weighted by molar-refractivity contribution is 7.55. The summed E-state index contributed by atoms with van der Waals surface area (Å²) in [5, 5.41) is -0.594. The van der Waals surface area contributed by atoms with Gasteiger partial charge >= 0.3 is 7.60 Å². The highest BCUT2D eigenvalue weighted by Crippen LogP contribution is 2.52. The van der Waals surface area contributed by atoms with Crippen molar-refractivity contribution in [3.05, 3.63) is 138 Å². The number of rotatable bonds is 19. The zero-order valence-electron chi connectivity index (χ0n) is 32.1. The number of ether oxygens (including phenoxy) is 5. The number of ketones is 1. The Bertz CT molecular complexity index is 2030. The lowest BCUT2D eigenvalue weighted by atomic mass is 9.80. The van der Waals surface area contributed by atoms with E-state index in [4.69, 9.17) is 85.7 Å². The lowest BCUT2D eigenvalue weighted by molar-refractivity contribution is -0.0603. The monoisotopic (exact) mass is 877 g/mol. The van der Waals surface area contributed by atoms with Crippen LogP contribution in [0.1, 0.15) is 59.8 Å². The summed E-state index contributed by atoms with van der Waals surface area (Å²) in [7, 11) is -1.11. The summed E-state index contributed by atoms with van der Waals surface area (Å²) in [5.74, 6) is 0.495. The van der Waals surface area contributed by atoms with Crippen LogP contribution in [0.3, 0.4) is 0 Å². The minimum atomic E-state index is -4.27. The first kappa shape index (κ1) is 44.9. The molecule has 0 aromatic heterocycles. The summed E-state index contributed by atoms with van der Waals surface area (Å²) in [4.78, 5) is 17.8. The third kappa shape index (κ3) is 10.5. The van der Waals surface area contributed by atoms with Crippen LogP contribution >= 0.6 is 54.0 Å². The van der Waals surface area contributed by atoms with E-state index in [2.05, 4.69) is 4.85 Å². The second-order valence-corrected chi connectivity index (χ2v) is 17.1. The molecule has 4 unspecified atom stereocenters. The van der Waals surface area contributed by atoms with Crippen molar-refractivity contribution in [2.75, 3.05) is 40.1 Å². The van der Waals surface area contributed by atoms with Gasteiger partial charge in [0.2, 0.25) is 6.54 Å². The Morgan fingerprint density at radius 1 is 0.860 bits per heavy atom. The van der Waals surface area contributed by atoms with Gasteiger partial charge in [-0.2, -0.15) is 0 Å². The van der Waals surface area contributed by atoms with Crippen LogP contribution in [0, 0.1) is 6.57 Å². The number of methoxy groups -OCH3 is 2. The summed E-state index contributed by atoms with van der Waals surface area (Å²) in [5.41, 5.74) is 0.760. The average Bonchev–Trinajstić information content (AvgIpc) is 3.56. The molecule has 0 amide bonds. The van der Waals surface area contributed by atoms with Crippen LogP contribution < -0.4 is 9.47 Å². The quantitative estimate of drug-likeness (QED) is 0.0173. The van der Waals surface area contributed by atoms with Crippen molar-refractivity contribution in [2.24, 2.45) is 0 Å². The molecule has 304 valence electrons. The molecule has 1 heterocycles. The van der Waals surface area contributed by atoms with Crippen LogP contribution in [-0.4, -0.2) is 70.3 Å². The first-order valence-corrected chi connectivity index (χ1v) is 21.4. The van der Waals surface area contributed by atoms with Gasteiger partial charge in [-0.1, -0.05) is 101 Å². The van der Waals surface area contributed by atoms with E-state index in [0.29, 0.717) is 29.0 Å². The van der Waals surface area contributed by atoms with Crippen molar-refractivity contribution in [2.45, 2.75) is 63.8 Å². The van der Waals surface area contributed by atoms with Crippen molar-refractivity contribution in [1.82, 2.24) is 0 Å². The van der Waals surface area contributed by atoms with Gasteiger partial charge in [0.25, 0.3) is 0 Å². The molecular weight excluding hydrogens is 835 g/mol. The highest BCUT2D eigenvalue weighted by Gasteiger charge is 2.41. The van der Waals surface area contributed by atoms with Gasteiger partial charge in [-0.25, -0.2) is 6.57 Å². The second-order valence-electron chi connectivity index (χ2n) is 13.5. The van der Waals surface area contributed by atoms with Crippen LogP contribution in [0.15, 0.2) is 78.9 Å². The number of hydrogen-bond acceptors (Lipinski definition) is 9. The third-order valence-corrected chi connectivity index (χ3v) is 13.0. The number of halogens is 4. The average molecular weight is 880 g/mol. The fourth-order valence-electron chi connectivity index (χ4n) is 6.71. The van der Waals surface area contributed by atoms with Crippen molar-refractivity contribution in [3.63, 3.8) is 0 Å². The molecule has 5 rings (SSSR count). The summed E-state index contributed by atoms with van der Waals surface area (Å²) >= 11 is 27.0. The Labute approximate surface area is 353 Å². The minimum Gasteiger partial charge on any atom is -0.497 e. The summed E-state index contributed by atoms with van der Waals surface area (Å²) in [6, 6.07) is 24.3. The van der Waals surface area contributed by atoms with Crippen LogP contribution in [0.5, 0.6) is 11.5 Å². The molecule has 4 aromatic carbocycles. The van der Waals surface area contributed by atoms with E-state index in [1.54, 1.807) is 14.2 Å². The molecule has 1 aliphatic rings. The molecule has 0 N–H and O–H groups in total. The number of benzene rings is 4. The molecule has 0 spiro atoms. The molecule has 0 aliphatic carbocycles. The smallest absolute Gasteiger partial charge is 0.338 e. The van der Waals surface area contributed by atoms with Crippen LogP contribution in [0.25, 0.3) is 4.85 Å². The molecule has 10 nitrogen and oxygen atoms in total. The van der Waals surface area contributed by atoms with Crippen LogP contribution in [0.4, 0.5) is 0 Å². The van der Waals surface area contributed by atoms with Crippen LogP contribution in [0.2, 0.25) is 20.1 Å². The maximum absolute atomic E-state index is 14.5. The topological polar surface area (TPSA) is 103 Å². The molecule has 4 atom stereocenters. The maximum Gasteiger partial charge on any atom is 0.338 e. The zero-order valence-corrected chi connectivity index (χ0v) is 36.1. The Kier molecular flexibility index (Phi) is 15.9. The second kappa shape index (κ2) is 20.2. The van der Waals surface area contributed by atoms with Crippen LogP contribution in [-0.2, 0) is 40.0 Å². The number of nitrogens with zero attached hydrogens (tertiary/aromatic N) is 1. The molecule has 1 saturated heterocycles. The van der Waals surface area contributed by atoms with E-state index >= 15 is 0 Å². The summed E-state index contributed by atoms with van der Waals surface area (Å²) in [6.07, 6.45) is -1.31. The largest absolute Gasteiger partial charge is 0.497 e. The minimum absolute atomic E-state index is 0.0902. The highest BCUT2D eigenvalue weighted by atomic mass is 35.5. The molecule has 4 aromatic rings. The van der Waals surface area contributed by atoms with Gasteiger partial charge in [-0.3, -0.25) is 9.36 Å². The van der Waals surface area contributed by atoms with Gasteiger partial charge in [-0.05, 0) is 61.7 Å². The standard InChI is InChI=1S/C42H44Cl4NO9P/c1-26(2)55-35-22-27(3)56-36(35)24-54-57(49,53-21-20-47-4)25-34(48)37-33(38(43)40(45)41(46)39(37)44)23-52-42(28-10-8-7-9-11-28,29-12-16-31(50-5)17-13-29)30-14-18-32(51-6)19-15-30/h7-19,26-27,35-36H,20-25H2,1-3,5-6H3. The van der Waals surface area contributed by atoms with Crippen molar-refractivity contribution >= 4 is 59.8 Å². The van der Waals surface area contributed by atoms with Crippen molar-refractivity contribution in [1.29, 1.82) is 0 Å². The predicted octanol–water partition coefficient (Wildman–Crippen LogP) is 11.1. The van der Waals surface area contributed by atoms with E-state index in [0.717, 1.165) is 5.56 Å². The lowest BCUT2D eigenvalue weighted by Gasteiger charge is -2.36. The Morgan fingerprint density at radius 2 is 1.42 bits per heavy atom. The molecule has 1 fully saturated rings. The van der Waals surface area contributed by atoms with Crippen molar-refractivity contribution < 1.29 is 42.1 Å². The number of Topliss-reactive ketones (excluding diaryl/α,β-unsaturated/α-hetero) is 1. The van der Waals surface area contributed by atoms with E-state index < -0.39 is 31.2 Å². The molecule has 15 heteroatoms. The Hall–Kier alpha value is -3.17. The first-order chi connectivity index (χ1) is 27.3. The zero-order chi connectivity index (χ0) is 41.3. The Balaban J connectivity index is 1.58. The molecule has 57 heavy (non-hydrogen) atoms. The molecular formula is C42H44Cl4NO9P. The van der Waals surface area contributed by atoms with Gasteiger partial charge in [0.15, 0.2) is 5.78 Å². The first-order valence-electron chi connectivity index (χ1n) is 18.2. The maximum atomic E-state index is 14.5. The third-order valence-electron chi connectivity index (χ3n) is 9.35. The normalized spacial score (nSPS) is 17.9. The Morgan fingerprint density at radius 3 is 1.96 bits per heavy atom. The lowest BCUT2D eigenvalue weighted by Crippen LogP contribution is -2.33. The number of hydrogen-bond donors (Lipinski definition) is 0. The fourth-order valence-corrected chi connectivity index (χ4v) is 9.27. The van der Waals surface area contributed by atoms with E-state index in [9.17, 15) is 9.36 Å². The van der Waals surface area contributed by atoms with Gasteiger partial charge in [0, 0.05) is 17.5 Å². The van der Waals surface area contributed by atoms with Crippen molar-refractivity contribution in [3.8, 4) is 11.5 Å². The number of carbonyl (C=O) groups excluding carboxylic acids is 1. The summed E-state index contributed by atoms with van der Waals surface area (Å²) in [6.45, 7) is 12.0. The molecule has 0 radical (unpaired) electrons. The predicted molar refractivity (Wildman–Crippen MR) is 223 cm³/mol. The van der Waals surface area contributed by atoms with Gasteiger partial charge in [0.1, 0.15) is 36.0 Å². The number of carbonyl (C=O) groups is 1. The van der Waals surface area contributed by atoms with E-state index in [1.165, 1.54) is 0 Å². The molecule has 0 bridgehead atoms. The SMILES string of the molecule is [C-]#[N+]CCOP(=O)(CC(=O)c1c(Cl)c(Cl)c(Cl)c(Cl)c1COC(c1ccccc1)(c1ccc(OC)cc1)c1ccc(OC)cc1)OCC1OC(C)CC1OC(C)C. The molecule has 0 saturated carbocycles. The molecule has 1 aliphatic heterocycles. The van der Waals surface area contributed by atoms with Gasteiger partial charge in [-0.15, -0.1) is 0 Å². The van der Waals surface area contributed by atoms with E-state index in [1.807, 2.05) is 99.6 Å². The fraction of sp³-hybridized carbons (Fsp3) is 0.381. The van der Waals surface area contributed by atoms with Gasteiger partial charge in [0.05, 0.1) is 65.8 Å².